The van der Waals surface area contributed by atoms with Crippen molar-refractivity contribution in [2.45, 2.75) is 23.2 Å². The van der Waals surface area contributed by atoms with E-state index in [1.165, 1.54) is 12.8 Å². The highest BCUT2D eigenvalue weighted by Gasteiger charge is 2.19. The minimum atomic E-state index is 0.553. The minimum absolute atomic E-state index is 0.553. The minimum Gasteiger partial charge on any atom is -0.0872 e. The lowest BCUT2D eigenvalue weighted by molar-refractivity contribution is 0.738. The van der Waals surface area contributed by atoms with E-state index >= 15 is 0 Å². The van der Waals surface area contributed by atoms with Gasteiger partial charge in [0, 0.05) is 3.42 Å². The van der Waals surface area contributed by atoms with Crippen molar-refractivity contribution in [3.05, 3.63) is 12.2 Å². The monoisotopic (exact) mass is 208 g/mol. The second kappa shape index (κ2) is 1.77. The molecule has 0 aromatic rings. The van der Waals surface area contributed by atoms with E-state index in [2.05, 4.69) is 41.7 Å². The quantitative estimate of drug-likeness (QED) is 0.326. The molecule has 0 aliphatic heterocycles. The first-order valence-electron chi connectivity index (χ1n) is 2.55. The van der Waals surface area contributed by atoms with E-state index in [9.17, 15) is 0 Å². The number of alkyl halides is 1. The van der Waals surface area contributed by atoms with Gasteiger partial charge in [0.05, 0.1) is 0 Å². The van der Waals surface area contributed by atoms with Gasteiger partial charge in [-0.25, -0.2) is 0 Å². The summed E-state index contributed by atoms with van der Waals surface area (Å²) >= 11 is 2.50. The Morgan fingerprint density at radius 1 is 1.43 bits per heavy atom. The molecule has 0 unspecified atom stereocenters. The number of rotatable bonds is 0. The summed E-state index contributed by atoms with van der Waals surface area (Å²) in [4.78, 5) is 0. The highest BCUT2D eigenvalue weighted by molar-refractivity contribution is 14.1. The van der Waals surface area contributed by atoms with Crippen LogP contribution >= 0.6 is 22.6 Å². The van der Waals surface area contributed by atoms with Gasteiger partial charge < -0.3 is 0 Å². The molecule has 7 heavy (non-hydrogen) atoms. The molecular formula is C6H9I. The first kappa shape index (κ1) is 5.60. The number of halogens is 1. The Morgan fingerprint density at radius 3 is 2.00 bits per heavy atom. The number of allylic oxidation sites excluding steroid dienone is 2. The molecule has 0 radical (unpaired) electrons. The Labute approximate surface area is 58.1 Å². The van der Waals surface area contributed by atoms with E-state index in [1.807, 2.05) is 0 Å². The highest BCUT2D eigenvalue weighted by atomic mass is 127. The van der Waals surface area contributed by atoms with Gasteiger partial charge in [0.1, 0.15) is 0 Å². The normalized spacial score (nSPS) is 26.0. The number of hydrogen-bond acceptors (Lipinski definition) is 0. The highest BCUT2D eigenvalue weighted by Crippen LogP contribution is 2.31. The molecule has 0 aromatic carbocycles. The molecule has 0 saturated heterocycles. The molecule has 0 heterocycles. The van der Waals surface area contributed by atoms with Crippen LogP contribution in [0, 0.1) is 0 Å². The standard InChI is InChI=1S/C6H9I/c1-6(7)4-2-3-5-6/h2-3H,4-5H2,1H3. The molecule has 0 bridgehead atoms. The van der Waals surface area contributed by atoms with E-state index in [-0.39, 0.29) is 0 Å². The average molecular weight is 208 g/mol. The van der Waals surface area contributed by atoms with Crippen molar-refractivity contribution in [3.8, 4) is 0 Å². The Hall–Kier alpha value is 0.470. The summed E-state index contributed by atoms with van der Waals surface area (Å²) in [5, 5.41) is 0. The molecule has 0 aromatic heterocycles. The fourth-order valence-corrected chi connectivity index (χ4v) is 1.25. The molecule has 0 fully saturated rings. The summed E-state index contributed by atoms with van der Waals surface area (Å²) in [6.07, 6.45) is 7.03. The van der Waals surface area contributed by atoms with E-state index in [1.54, 1.807) is 0 Å². The van der Waals surface area contributed by atoms with Gasteiger partial charge in [-0.2, -0.15) is 0 Å². The molecule has 1 heteroatoms. The van der Waals surface area contributed by atoms with E-state index in [0.29, 0.717) is 3.42 Å². The fourth-order valence-electron chi connectivity index (χ4n) is 0.741. The molecule has 1 rings (SSSR count). The van der Waals surface area contributed by atoms with Crippen LogP contribution in [0.3, 0.4) is 0 Å². The molecule has 0 amide bonds. The van der Waals surface area contributed by atoms with Crippen LogP contribution in [0.25, 0.3) is 0 Å². The maximum Gasteiger partial charge on any atom is 0.0262 e. The smallest absolute Gasteiger partial charge is 0.0262 e. The van der Waals surface area contributed by atoms with Crippen molar-refractivity contribution in [1.82, 2.24) is 0 Å². The molecule has 0 N–H and O–H groups in total. The van der Waals surface area contributed by atoms with Crippen molar-refractivity contribution >= 4 is 22.6 Å². The van der Waals surface area contributed by atoms with Crippen LogP contribution in [0.4, 0.5) is 0 Å². The van der Waals surface area contributed by atoms with E-state index in [0.717, 1.165) is 0 Å². The predicted octanol–water partition coefficient (Wildman–Crippen LogP) is 2.53. The molecule has 0 saturated carbocycles. The predicted molar refractivity (Wildman–Crippen MR) is 40.8 cm³/mol. The maximum atomic E-state index is 2.50. The Kier molecular flexibility index (Phi) is 1.41. The van der Waals surface area contributed by atoms with Crippen molar-refractivity contribution in [1.29, 1.82) is 0 Å². The molecule has 0 spiro atoms. The van der Waals surface area contributed by atoms with E-state index < -0.39 is 0 Å². The lowest BCUT2D eigenvalue weighted by Gasteiger charge is -2.11. The molecule has 1 aliphatic rings. The summed E-state index contributed by atoms with van der Waals surface area (Å²) in [6, 6.07) is 0. The first-order valence-corrected chi connectivity index (χ1v) is 3.62. The second-order valence-corrected chi connectivity index (χ2v) is 4.90. The summed E-state index contributed by atoms with van der Waals surface area (Å²) in [7, 11) is 0. The van der Waals surface area contributed by atoms with Gasteiger partial charge in [-0.15, -0.1) is 0 Å². The van der Waals surface area contributed by atoms with Gasteiger partial charge in [-0.3, -0.25) is 0 Å². The maximum absolute atomic E-state index is 2.50. The zero-order chi connectivity index (χ0) is 5.33. The van der Waals surface area contributed by atoms with Crippen molar-refractivity contribution in [3.63, 3.8) is 0 Å². The Bertz CT molecular complexity index is 82.4. The average Bonchev–Trinajstić information content (AvgIpc) is 1.84. The zero-order valence-electron chi connectivity index (χ0n) is 4.45. The largest absolute Gasteiger partial charge is 0.0872 e. The van der Waals surface area contributed by atoms with Crippen LogP contribution in [0.5, 0.6) is 0 Å². The van der Waals surface area contributed by atoms with Gasteiger partial charge in [-0.05, 0) is 19.8 Å². The van der Waals surface area contributed by atoms with Crippen LogP contribution in [0.2, 0.25) is 0 Å². The van der Waals surface area contributed by atoms with Crippen LogP contribution in [0.15, 0.2) is 12.2 Å². The van der Waals surface area contributed by atoms with Gasteiger partial charge in [0.25, 0.3) is 0 Å². The Morgan fingerprint density at radius 2 is 1.86 bits per heavy atom. The number of hydrogen-bond donors (Lipinski definition) is 0. The van der Waals surface area contributed by atoms with Gasteiger partial charge in [0.15, 0.2) is 0 Å². The SMILES string of the molecule is CC1(I)CC=CC1. The van der Waals surface area contributed by atoms with Gasteiger partial charge in [-0.1, -0.05) is 34.7 Å². The summed E-state index contributed by atoms with van der Waals surface area (Å²) < 4.78 is 0.553. The second-order valence-electron chi connectivity index (χ2n) is 2.29. The third-order valence-corrected chi connectivity index (χ3v) is 2.13. The van der Waals surface area contributed by atoms with Crippen LogP contribution < -0.4 is 0 Å². The van der Waals surface area contributed by atoms with Crippen LogP contribution in [-0.4, -0.2) is 3.42 Å². The zero-order valence-corrected chi connectivity index (χ0v) is 6.60. The molecule has 1 aliphatic carbocycles. The summed E-state index contributed by atoms with van der Waals surface area (Å²) in [5.41, 5.74) is 0. The van der Waals surface area contributed by atoms with Crippen molar-refractivity contribution < 1.29 is 0 Å². The molecule has 40 valence electrons. The lowest BCUT2D eigenvalue weighted by Crippen LogP contribution is -2.07. The molecule has 0 nitrogen and oxygen atoms in total. The molecular weight excluding hydrogens is 199 g/mol. The third kappa shape index (κ3) is 1.44. The Balaban J connectivity index is 2.49. The summed E-state index contributed by atoms with van der Waals surface area (Å²) in [5.74, 6) is 0. The summed E-state index contributed by atoms with van der Waals surface area (Å²) in [6.45, 7) is 2.29. The molecule has 0 atom stereocenters. The van der Waals surface area contributed by atoms with Crippen molar-refractivity contribution in [2.75, 3.05) is 0 Å². The third-order valence-electron chi connectivity index (χ3n) is 1.25. The van der Waals surface area contributed by atoms with Crippen LogP contribution in [0.1, 0.15) is 19.8 Å². The van der Waals surface area contributed by atoms with Crippen molar-refractivity contribution in [2.24, 2.45) is 0 Å². The fraction of sp³-hybridized carbons (Fsp3) is 0.667. The van der Waals surface area contributed by atoms with Crippen LogP contribution in [-0.2, 0) is 0 Å². The van der Waals surface area contributed by atoms with Gasteiger partial charge >= 0.3 is 0 Å². The lowest BCUT2D eigenvalue weighted by atomic mass is 10.1. The van der Waals surface area contributed by atoms with E-state index in [4.69, 9.17) is 0 Å². The first-order chi connectivity index (χ1) is 3.21. The van der Waals surface area contributed by atoms with Gasteiger partial charge in [0.2, 0.25) is 0 Å². The topological polar surface area (TPSA) is 0 Å².